The van der Waals surface area contributed by atoms with Crippen LogP contribution < -0.4 is 10.5 Å². The number of para-hydroxylation sites is 1. The summed E-state index contributed by atoms with van der Waals surface area (Å²) in [5.74, 6) is 0.964. The largest absolute Gasteiger partial charge is 0.438 e. The average Bonchev–Trinajstić information content (AvgIpc) is 2.48. The van der Waals surface area contributed by atoms with E-state index in [1.165, 1.54) is 0 Å². The second-order valence-corrected chi connectivity index (χ2v) is 4.86. The normalized spacial score (nSPS) is 10.5. The Hall–Kier alpha value is -2.88. The molecule has 3 N–H and O–H groups in total. The van der Waals surface area contributed by atoms with Crippen molar-refractivity contribution in [2.45, 2.75) is 6.92 Å². The van der Waals surface area contributed by atoms with Gasteiger partial charge in [0.05, 0.1) is 11.1 Å². The molecule has 0 saturated heterocycles. The molecule has 0 bridgehead atoms. The van der Waals surface area contributed by atoms with E-state index in [0.29, 0.717) is 17.2 Å². The Morgan fingerprint density at radius 1 is 1.10 bits per heavy atom. The highest BCUT2D eigenvalue weighted by Gasteiger charge is 2.11. The van der Waals surface area contributed by atoms with Crippen molar-refractivity contribution in [1.29, 1.82) is 5.41 Å². The summed E-state index contributed by atoms with van der Waals surface area (Å²) in [5, 5.41) is 8.64. The van der Waals surface area contributed by atoms with Crippen LogP contribution in [0.4, 0.5) is 0 Å². The molecule has 3 rings (SSSR count). The Morgan fingerprint density at radius 2 is 1.81 bits per heavy atom. The molecule has 0 saturated carbocycles. The highest BCUT2D eigenvalue weighted by Crippen LogP contribution is 2.26. The fourth-order valence-electron chi connectivity index (χ4n) is 2.09. The van der Waals surface area contributed by atoms with Gasteiger partial charge in [0.25, 0.3) is 0 Å². The lowest BCUT2D eigenvalue weighted by atomic mass is 10.1. The summed E-state index contributed by atoms with van der Waals surface area (Å²) in [6.45, 7) is 2.01. The van der Waals surface area contributed by atoms with Gasteiger partial charge in [0.2, 0.25) is 5.88 Å². The van der Waals surface area contributed by atoms with Crippen molar-refractivity contribution in [3.63, 3.8) is 0 Å². The molecule has 0 fully saturated rings. The number of amidine groups is 1. The fourth-order valence-corrected chi connectivity index (χ4v) is 2.09. The SMILES string of the molecule is Cc1ccc(Oc2nc3ccccc3cc2C(=N)N)cc1. The van der Waals surface area contributed by atoms with Gasteiger partial charge in [0.15, 0.2) is 0 Å². The molecular weight excluding hydrogens is 262 g/mol. The molecule has 0 radical (unpaired) electrons. The van der Waals surface area contributed by atoms with E-state index in [0.717, 1.165) is 16.5 Å². The Balaban J connectivity index is 2.09. The summed E-state index contributed by atoms with van der Waals surface area (Å²) in [4.78, 5) is 4.47. The Bertz CT molecular complexity index is 810. The van der Waals surface area contributed by atoms with Crippen LogP contribution in [0.2, 0.25) is 0 Å². The molecule has 4 heteroatoms. The second kappa shape index (κ2) is 5.25. The van der Waals surface area contributed by atoms with Gasteiger partial charge < -0.3 is 10.5 Å². The topological polar surface area (TPSA) is 72.0 Å². The fraction of sp³-hybridized carbons (Fsp3) is 0.0588. The van der Waals surface area contributed by atoms with Crippen molar-refractivity contribution in [3.05, 3.63) is 65.7 Å². The Morgan fingerprint density at radius 3 is 2.52 bits per heavy atom. The number of aromatic nitrogens is 1. The van der Waals surface area contributed by atoms with E-state index in [1.54, 1.807) is 0 Å². The molecule has 0 aliphatic carbocycles. The Kier molecular flexibility index (Phi) is 3.28. The number of ether oxygens (including phenoxy) is 1. The van der Waals surface area contributed by atoms with E-state index in [2.05, 4.69) is 4.98 Å². The number of nitrogens with zero attached hydrogens (tertiary/aromatic N) is 1. The molecule has 0 atom stereocenters. The molecule has 0 spiro atoms. The van der Waals surface area contributed by atoms with E-state index in [9.17, 15) is 0 Å². The van der Waals surface area contributed by atoms with Crippen molar-refractivity contribution in [2.24, 2.45) is 5.73 Å². The third-order valence-electron chi connectivity index (χ3n) is 3.21. The van der Waals surface area contributed by atoms with Gasteiger partial charge in [0, 0.05) is 5.39 Å². The molecule has 1 heterocycles. The quantitative estimate of drug-likeness (QED) is 0.567. The number of nitrogens with two attached hydrogens (primary N) is 1. The summed E-state index contributed by atoms with van der Waals surface area (Å²) in [5.41, 5.74) is 8.10. The number of benzene rings is 2. The molecule has 0 aliphatic heterocycles. The number of nitrogen functional groups attached to an aromatic ring is 1. The highest BCUT2D eigenvalue weighted by molar-refractivity contribution is 6.00. The first-order valence-electron chi connectivity index (χ1n) is 6.62. The van der Waals surface area contributed by atoms with Crippen LogP contribution in [0.25, 0.3) is 10.9 Å². The van der Waals surface area contributed by atoms with E-state index in [-0.39, 0.29) is 5.84 Å². The zero-order valence-electron chi connectivity index (χ0n) is 11.6. The van der Waals surface area contributed by atoms with Crippen LogP contribution >= 0.6 is 0 Å². The summed E-state index contributed by atoms with van der Waals surface area (Å²) >= 11 is 0. The maximum Gasteiger partial charge on any atom is 0.230 e. The summed E-state index contributed by atoms with van der Waals surface area (Å²) in [7, 11) is 0. The lowest BCUT2D eigenvalue weighted by Gasteiger charge is -2.11. The third-order valence-corrected chi connectivity index (χ3v) is 3.21. The minimum Gasteiger partial charge on any atom is -0.438 e. The smallest absolute Gasteiger partial charge is 0.230 e. The van der Waals surface area contributed by atoms with Crippen molar-refractivity contribution in [3.8, 4) is 11.6 Å². The molecule has 0 aliphatic rings. The van der Waals surface area contributed by atoms with Gasteiger partial charge in [0.1, 0.15) is 11.6 Å². The number of pyridine rings is 1. The van der Waals surface area contributed by atoms with Crippen LogP contribution in [-0.2, 0) is 0 Å². The van der Waals surface area contributed by atoms with Crippen LogP contribution in [0.3, 0.4) is 0 Å². The van der Waals surface area contributed by atoms with Gasteiger partial charge in [-0.1, -0.05) is 35.9 Å². The van der Waals surface area contributed by atoms with E-state index in [4.69, 9.17) is 15.9 Å². The number of hydrogen-bond donors (Lipinski definition) is 2. The number of fused-ring (bicyclic) bond motifs is 1. The van der Waals surface area contributed by atoms with E-state index in [1.807, 2.05) is 61.5 Å². The maximum atomic E-state index is 7.71. The van der Waals surface area contributed by atoms with Crippen LogP contribution in [0.5, 0.6) is 11.6 Å². The molecule has 3 aromatic rings. The van der Waals surface area contributed by atoms with Gasteiger partial charge >= 0.3 is 0 Å². The van der Waals surface area contributed by atoms with E-state index >= 15 is 0 Å². The molecule has 4 nitrogen and oxygen atoms in total. The zero-order chi connectivity index (χ0) is 14.8. The van der Waals surface area contributed by atoms with Crippen molar-refractivity contribution in [2.75, 3.05) is 0 Å². The van der Waals surface area contributed by atoms with Crippen LogP contribution in [-0.4, -0.2) is 10.8 Å². The summed E-state index contributed by atoms with van der Waals surface area (Å²) in [6.07, 6.45) is 0. The summed E-state index contributed by atoms with van der Waals surface area (Å²) in [6, 6.07) is 17.2. The van der Waals surface area contributed by atoms with Gasteiger partial charge in [-0.05, 0) is 31.2 Å². The predicted molar refractivity (Wildman–Crippen MR) is 84.0 cm³/mol. The minimum atomic E-state index is -0.0598. The lowest BCUT2D eigenvalue weighted by molar-refractivity contribution is 0.464. The average molecular weight is 277 g/mol. The van der Waals surface area contributed by atoms with Gasteiger partial charge in [-0.2, -0.15) is 0 Å². The Labute approximate surface area is 122 Å². The number of hydrogen-bond acceptors (Lipinski definition) is 3. The van der Waals surface area contributed by atoms with Gasteiger partial charge in [-0.3, -0.25) is 5.41 Å². The molecule has 1 aromatic heterocycles. The molecule has 2 aromatic carbocycles. The maximum absolute atomic E-state index is 7.71. The predicted octanol–water partition coefficient (Wildman–Crippen LogP) is 3.62. The number of rotatable bonds is 3. The summed E-state index contributed by atoms with van der Waals surface area (Å²) < 4.78 is 5.80. The third kappa shape index (κ3) is 2.69. The van der Waals surface area contributed by atoms with E-state index < -0.39 is 0 Å². The lowest BCUT2D eigenvalue weighted by Crippen LogP contribution is -2.13. The van der Waals surface area contributed by atoms with Crippen molar-refractivity contribution < 1.29 is 4.74 Å². The zero-order valence-corrected chi connectivity index (χ0v) is 11.6. The molecule has 0 unspecified atom stereocenters. The molecule has 21 heavy (non-hydrogen) atoms. The first-order chi connectivity index (χ1) is 10.1. The second-order valence-electron chi connectivity index (χ2n) is 4.86. The van der Waals surface area contributed by atoms with Crippen molar-refractivity contribution >= 4 is 16.7 Å². The monoisotopic (exact) mass is 277 g/mol. The van der Waals surface area contributed by atoms with Crippen molar-refractivity contribution in [1.82, 2.24) is 4.98 Å². The first-order valence-corrected chi connectivity index (χ1v) is 6.62. The molecular formula is C17H15N3O. The minimum absolute atomic E-state index is 0.0598. The molecule has 104 valence electrons. The first kappa shape index (κ1) is 13.1. The van der Waals surface area contributed by atoms with Crippen LogP contribution in [0.15, 0.2) is 54.6 Å². The number of aryl methyl sites for hydroxylation is 1. The highest BCUT2D eigenvalue weighted by atomic mass is 16.5. The van der Waals surface area contributed by atoms with Crippen LogP contribution in [0, 0.1) is 12.3 Å². The van der Waals surface area contributed by atoms with Gasteiger partial charge in [-0.15, -0.1) is 0 Å². The standard InChI is InChI=1S/C17H15N3O/c1-11-6-8-13(9-7-11)21-17-14(16(18)19)10-12-4-2-3-5-15(12)20-17/h2-10H,1H3,(H3,18,19). The van der Waals surface area contributed by atoms with Crippen LogP contribution in [0.1, 0.15) is 11.1 Å². The molecule has 0 amide bonds. The van der Waals surface area contributed by atoms with Gasteiger partial charge in [-0.25, -0.2) is 4.98 Å². The number of nitrogens with one attached hydrogen (secondary N) is 1.